The van der Waals surface area contributed by atoms with Crippen LogP contribution in [0.4, 0.5) is 14.9 Å². The summed E-state index contributed by atoms with van der Waals surface area (Å²) in [5.74, 6) is -1.13. The molecule has 0 fully saturated rings. The Morgan fingerprint density at radius 1 is 1.35 bits per heavy atom. The number of fused-ring (bicyclic) bond motifs is 1. The number of hydrogen-bond donors (Lipinski definition) is 2. The summed E-state index contributed by atoms with van der Waals surface area (Å²) in [6.45, 7) is 2.31. The first kappa shape index (κ1) is 18.2. The molecule has 26 heavy (non-hydrogen) atoms. The van der Waals surface area contributed by atoms with Gasteiger partial charge in [0.05, 0.1) is 10.9 Å². The van der Waals surface area contributed by atoms with Crippen molar-refractivity contribution in [2.45, 2.75) is 25.4 Å². The van der Waals surface area contributed by atoms with Crippen LogP contribution in [-0.2, 0) is 11.3 Å². The van der Waals surface area contributed by atoms with Crippen LogP contribution in [-0.4, -0.2) is 29.9 Å². The summed E-state index contributed by atoms with van der Waals surface area (Å²) < 4.78 is 13.3. The summed E-state index contributed by atoms with van der Waals surface area (Å²) >= 11 is 5.74. The van der Waals surface area contributed by atoms with E-state index in [-0.39, 0.29) is 17.0 Å². The Labute approximate surface area is 156 Å². The molecule has 1 unspecified atom stereocenters. The Morgan fingerprint density at radius 2 is 2.08 bits per heavy atom. The number of halogens is 2. The lowest BCUT2D eigenvalue weighted by Crippen LogP contribution is -2.48. The summed E-state index contributed by atoms with van der Waals surface area (Å²) in [6.07, 6.45) is 0. The monoisotopic (exact) mass is 375 g/mol. The van der Waals surface area contributed by atoms with Crippen molar-refractivity contribution in [2.75, 3.05) is 12.4 Å². The molecule has 1 aliphatic heterocycles. The number of urea groups is 1. The molecule has 1 heterocycles. The van der Waals surface area contributed by atoms with E-state index in [0.29, 0.717) is 12.2 Å². The van der Waals surface area contributed by atoms with Gasteiger partial charge in [0.2, 0.25) is 5.91 Å². The maximum absolute atomic E-state index is 13.3. The van der Waals surface area contributed by atoms with Crippen LogP contribution in [0.15, 0.2) is 42.5 Å². The summed E-state index contributed by atoms with van der Waals surface area (Å²) in [7, 11) is 1.62. The van der Waals surface area contributed by atoms with Crippen LogP contribution in [0.5, 0.6) is 0 Å². The lowest BCUT2D eigenvalue weighted by Gasteiger charge is -2.35. The van der Waals surface area contributed by atoms with Crippen molar-refractivity contribution in [1.29, 1.82) is 0 Å². The second kappa shape index (κ2) is 7.33. The van der Waals surface area contributed by atoms with E-state index in [9.17, 15) is 14.0 Å². The summed E-state index contributed by atoms with van der Waals surface area (Å²) in [5.41, 5.74) is 2.35. The van der Waals surface area contributed by atoms with Gasteiger partial charge in [-0.05, 0) is 36.2 Å². The molecule has 5 nitrogen and oxygen atoms in total. The molecule has 3 rings (SSSR count). The van der Waals surface area contributed by atoms with Crippen LogP contribution in [0.1, 0.15) is 24.0 Å². The predicted octanol–water partition coefficient (Wildman–Crippen LogP) is 3.74. The minimum absolute atomic E-state index is 0.0703. The quantitative estimate of drug-likeness (QED) is 0.858. The average molecular weight is 376 g/mol. The number of hydrogen-bond acceptors (Lipinski definition) is 2. The van der Waals surface area contributed by atoms with Gasteiger partial charge in [0.15, 0.2) is 0 Å². The van der Waals surface area contributed by atoms with Crippen molar-refractivity contribution >= 4 is 29.2 Å². The topological polar surface area (TPSA) is 61.4 Å². The van der Waals surface area contributed by atoms with Gasteiger partial charge in [0, 0.05) is 25.3 Å². The molecule has 136 valence electrons. The van der Waals surface area contributed by atoms with Crippen molar-refractivity contribution < 1.29 is 14.0 Å². The average Bonchev–Trinajstić information content (AvgIpc) is 2.63. The summed E-state index contributed by atoms with van der Waals surface area (Å²) in [5, 5.41) is 5.47. The maximum Gasteiger partial charge on any atom is 0.321 e. The number of carbonyl (C=O) groups excluding carboxylic acids is 2. The molecule has 2 atom stereocenters. The van der Waals surface area contributed by atoms with Gasteiger partial charge in [-0.25, -0.2) is 9.18 Å². The lowest BCUT2D eigenvalue weighted by molar-refractivity contribution is -0.124. The van der Waals surface area contributed by atoms with Crippen LogP contribution in [0.3, 0.4) is 0 Å². The standard InChI is InChI=1S/C19H19ClFN3O2/c1-11(17-14-6-4-3-5-12(14)10-22-18(17)25)24(2)19(26)23-13-7-8-16(21)15(20)9-13/h3-9,11,17H,10H2,1-2H3,(H,22,25)(H,23,26)/t11-,17?/m0/s1. The number of anilines is 1. The van der Waals surface area contributed by atoms with Crippen molar-refractivity contribution in [2.24, 2.45) is 0 Å². The number of benzene rings is 2. The van der Waals surface area contributed by atoms with E-state index >= 15 is 0 Å². The SMILES string of the molecule is C[C@@H](C1C(=O)NCc2ccccc21)N(C)C(=O)Nc1ccc(F)c(Cl)c1. The Hall–Kier alpha value is -2.60. The second-order valence-electron chi connectivity index (χ2n) is 6.30. The molecule has 0 aliphatic carbocycles. The van der Waals surface area contributed by atoms with Gasteiger partial charge >= 0.3 is 6.03 Å². The molecule has 2 aromatic carbocycles. The molecule has 0 radical (unpaired) electrons. The molecule has 0 saturated heterocycles. The number of rotatable bonds is 3. The van der Waals surface area contributed by atoms with Gasteiger partial charge in [0.25, 0.3) is 0 Å². The third-order valence-electron chi connectivity index (χ3n) is 4.71. The highest BCUT2D eigenvalue weighted by molar-refractivity contribution is 6.31. The molecular weight excluding hydrogens is 357 g/mol. The van der Waals surface area contributed by atoms with Gasteiger partial charge in [-0.1, -0.05) is 35.9 Å². The van der Waals surface area contributed by atoms with E-state index < -0.39 is 17.8 Å². The van der Waals surface area contributed by atoms with E-state index in [1.165, 1.54) is 23.1 Å². The van der Waals surface area contributed by atoms with Crippen molar-refractivity contribution in [3.05, 3.63) is 64.4 Å². The van der Waals surface area contributed by atoms with E-state index in [0.717, 1.165) is 11.1 Å². The second-order valence-corrected chi connectivity index (χ2v) is 6.71. The fourth-order valence-electron chi connectivity index (χ4n) is 3.11. The zero-order chi connectivity index (χ0) is 18.8. The first-order chi connectivity index (χ1) is 12.4. The number of likely N-dealkylation sites (N-methyl/N-ethyl adjacent to an activating group) is 1. The van der Waals surface area contributed by atoms with Crippen LogP contribution < -0.4 is 10.6 Å². The Balaban J connectivity index is 1.78. The number of nitrogens with zero attached hydrogens (tertiary/aromatic N) is 1. The predicted molar refractivity (Wildman–Crippen MR) is 98.7 cm³/mol. The van der Waals surface area contributed by atoms with Crippen molar-refractivity contribution in [3.8, 4) is 0 Å². The zero-order valence-electron chi connectivity index (χ0n) is 14.4. The van der Waals surface area contributed by atoms with Gasteiger partial charge in [-0.15, -0.1) is 0 Å². The van der Waals surface area contributed by atoms with Crippen molar-refractivity contribution in [1.82, 2.24) is 10.2 Å². The third kappa shape index (κ3) is 3.51. The fraction of sp³-hybridized carbons (Fsp3) is 0.263. The molecule has 1 aliphatic rings. The minimum Gasteiger partial charge on any atom is -0.351 e. The third-order valence-corrected chi connectivity index (χ3v) is 5.00. The van der Waals surface area contributed by atoms with E-state index in [1.54, 1.807) is 7.05 Å². The number of nitrogens with one attached hydrogen (secondary N) is 2. The van der Waals surface area contributed by atoms with Crippen molar-refractivity contribution in [3.63, 3.8) is 0 Å². The van der Waals surface area contributed by atoms with Gasteiger partial charge < -0.3 is 15.5 Å². The molecule has 7 heteroatoms. The molecule has 2 N–H and O–H groups in total. The summed E-state index contributed by atoms with van der Waals surface area (Å²) in [4.78, 5) is 26.5. The zero-order valence-corrected chi connectivity index (χ0v) is 15.2. The van der Waals surface area contributed by atoms with E-state index in [2.05, 4.69) is 10.6 Å². The van der Waals surface area contributed by atoms with Crippen LogP contribution in [0.25, 0.3) is 0 Å². The van der Waals surface area contributed by atoms with Crippen LogP contribution in [0, 0.1) is 5.82 Å². The van der Waals surface area contributed by atoms with Gasteiger partial charge in [-0.3, -0.25) is 4.79 Å². The van der Waals surface area contributed by atoms with Crippen LogP contribution >= 0.6 is 11.6 Å². The molecule has 0 spiro atoms. The van der Waals surface area contributed by atoms with Gasteiger partial charge in [0.1, 0.15) is 5.82 Å². The lowest BCUT2D eigenvalue weighted by atomic mass is 9.85. The number of amides is 3. The largest absolute Gasteiger partial charge is 0.351 e. The normalized spacial score (nSPS) is 17.1. The number of carbonyl (C=O) groups is 2. The Kier molecular flexibility index (Phi) is 5.13. The fourth-order valence-corrected chi connectivity index (χ4v) is 3.29. The summed E-state index contributed by atoms with van der Waals surface area (Å²) in [6, 6.07) is 10.9. The van der Waals surface area contributed by atoms with Gasteiger partial charge in [-0.2, -0.15) is 0 Å². The Bertz CT molecular complexity index is 858. The Morgan fingerprint density at radius 3 is 2.81 bits per heavy atom. The molecule has 2 aromatic rings. The first-order valence-corrected chi connectivity index (χ1v) is 8.60. The first-order valence-electron chi connectivity index (χ1n) is 8.23. The molecule has 0 saturated carbocycles. The maximum atomic E-state index is 13.3. The molecule has 0 bridgehead atoms. The van der Waals surface area contributed by atoms with E-state index in [1.807, 2.05) is 31.2 Å². The molecular formula is C19H19ClFN3O2. The minimum atomic E-state index is -0.554. The highest BCUT2D eigenvalue weighted by Gasteiger charge is 2.35. The highest BCUT2D eigenvalue weighted by Crippen LogP contribution is 2.30. The smallest absolute Gasteiger partial charge is 0.321 e. The van der Waals surface area contributed by atoms with Crippen LogP contribution in [0.2, 0.25) is 5.02 Å². The molecule has 3 amide bonds. The highest BCUT2D eigenvalue weighted by atomic mass is 35.5. The molecule has 0 aromatic heterocycles. The van der Waals surface area contributed by atoms with E-state index in [4.69, 9.17) is 11.6 Å².